The van der Waals surface area contributed by atoms with Gasteiger partial charge in [-0.25, -0.2) is 9.37 Å². The van der Waals surface area contributed by atoms with Gasteiger partial charge in [-0.3, -0.25) is 4.79 Å². The minimum Gasteiger partial charge on any atom is -0.404 e. The van der Waals surface area contributed by atoms with E-state index in [1.807, 2.05) is 0 Å². The first kappa shape index (κ1) is 25.9. The number of halogens is 1. The minimum atomic E-state index is -4.08. The van der Waals surface area contributed by atoms with Crippen LogP contribution in [0.5, 0.6) is 0 Å². The molecular weight excluding hydrogens is 457 g/mol. The summed E-state index contributed by atoms with van der Waals surface area (Å²) in [6, 6.07) is 4.74. The number of amides is 1. The van der Waals surface area contributed by atoms with E-state index in [-0.39, 0.29) is 15.9 Å². The maximum Gasteiger partial charge on any atom is 0.282 e. The summed E-state index contributed by atoms with van der Waals surface area (Å²) in [5.41, 5.74) is 6.53. The summed E-state index contributed by atoms with van der Waals surface area (Å²) in [4.78, 5) is 16.7. The van der Waals surface area contributed by atoms with Gasteiger partial charge in [0.25, 0.3) is 15.9 Å². The lowest BCUT2D eigenvalue weighted by atomic mass is 9.87. The van der Waals surface area contributed by atoms with Crippen molar-refractivity contribution in [2.45, 2.75) is 76.4 Å². The number of alkyl halides is 1. The van der Waals surface area contributed by atoms with Gasteiger partial charge < -0.3 is 15.6 Å². The van der Waals surface area contributed by atoms with Crippen LogP contribution in [-0.4, -0.2) is 42.8 Å². The smallest absolute Gasteiger partial charge is 0.282 e. The SMILES string of the molecule is CCNC(=O)C(C=NS(=O)(=O)c1ccc2c(c1)nc(C(C)(C)C)n2CC1CCC(F)CC1)=CN. The molecule has 1 aliphatic carbocycles. The van der Waals surface area contributed by atoms with Crippen molar-refractivity contribution >= 4 is 33.2 Å². The largest absolute Gasteiger partial charge is 0.404 e. The second kappa shape index (κ2) is 10.2. The van der Waals surface area contributed by atoms with Gasteiger partial charge in [-0.1, -0.05) is 20.8 Å². The van der Waals surface area contributed by atoms with Crippen LogP contribution < -0.4 is 11.1 Å². The van der Waals surface area contributed by atoms with Crippen molar-refractivity contribution in [3.05, 3.63) is 35.8 Å². The molecule has 1 heterocycles. The Kier molecular flexibility index (Phi) is 7.80. The molecular formula is C24H34FN5O3S. The number of likely N-dealkylation sites (N-methyl/N-ethyl adjacent to an activating group) is 1. The van der Waals surface area contributed by atoms with Crippen LogP contribution >= 0.6 is 0 Å². The van der Waals surface area contributed by atoms with Gasteiger partial charge in [-0.2, -0.15) is 12.8 Å². The molecule has 0 unspecified atom stereocenters. The minimum absolute atomic E-state index is 0.0217. The van der Waals surface area contributed by atoms with Crippen molar-refractivity contribution in [3.63, 3.8) is 0 Å². The summed E-state index contributed by atoms with van der Waals surface area (Å²) in [5.74, 6) is 0.705. The Labute approximate surface area is 200 Å². The lowest BCUT2D eigenvalue weighted by molar-refractivity contribution is -0.116. The lowest BCUT2D eigenvalue weighted by Gasteiger charge is -2.27. The molecule has 1 saturated carbocycles. The van der Waals surface area contributed by atoms with Gasteiger partial charge >= 0.3 is 0 Å². The van der Waals surface area contributed by atoms with E-state index in [0.717, 1.165) is 43.1 Å². The van der Waals surface area contributed by atoms with Crippen molar-refractivity contribution in [3.8, 4) is 0 Å². The molecule has 1 amide bonds. The maximum atomic E-state index is 13.6. The van der Waals surface area contributed by atoms with Crippen LogP contribution in [0.1, 0.15) is 59.2 Å². The lowest BCUT2D eigenvalue weighted by Crippen LogP contribution is -2.25. The maximum absolute atomic E-state index is 13.6. The number of carbonyl (C=O) groups excluding carboxylic acids is 1. The van der Waals surface area contributed by atoms with Crippen LogP contribution in [0.4, 0.5) is 4.39 Å². The molecule has 3 N–H and O–H groups in total. The summed E-state index contributed by atoms with van der Waals surface area (Å²) >= 11 is 0. The fraction of sp³-hybridized carbons (Fsp3) is 0.542. The number of sulfonamides is 1. The number of benzene rings is 1. The molecule has 2 aromatic rings. The highest BCUT2D eigenvalue weighted by Gasteiger charge is 2.27. The Balaban J connectivity index is 1.96. The monoisotopic (exact) mass is 491 g/mol. The molecule has 0 spiro atoms. The van der Waals surface area contributed by atoms with Gasteiger partial charge in [-0.05, 0) is 56.7 Å². The number of rotatable bonds is 7. The van der Waals surface area contributed by atoms with Crippen LogP contribution in [-0.2, 0) is 26.8 Å². The Morgan fingerprint density at radius 2 is 1.97 bits per heavy atom. The molecule has 186 valence electrons. The van der Waals surface area contributed by atoms with Gasteiger partial charge in [-0.15, -0.1) is 0 Å². The van der Waals surface area contributed by atoms with E-state index < -0.39 is 22.1 Å². The highest BCUT2D eigenvalue weighted by atomic mass is 32.2. The Morgan fingerprint density at radius 3 is 2.56 bits per heavy atom. The first-order valence-corrected chi connectivity index (χ1v) is 13.1. The topological polar surface area (TPSA) is 119 Å². The Morgan fingerprint density at radius 1 is 1.29 bits per heavy atom. The highest BCUT2D eigenvalue weighted by Crippen LogP contribution is 2.33. The summed E-state index contributed by atoms with van der Waals surface area (Å²) < 4.78 is 45.1. The van der Waals surface area contributed by atoms with Crippen molar-refractivity contribution in [2.75, 3.05) is 6.54 Å². The summed E-state index contributed by atoms with van der Waals surface area (Å²) in [5, 5.41) is 2.55. The number of nitrogens with one attached hydrogen (secondary N) is 1. The van der Waals surface area contributed by atoms with E-state index >= 15 is 0 Å². The predicted molar refractivity (Wildman–Crippen MR) is 132 cm³/mol. The van der Waals surface area contributed by atoms with Crippen molar-refractivity contribution < 1.29 is 17.6 Å². The Hall–Kier alpha value is -2.75. The number of imidazole rings is 1. The molecule has 0 atom stereocenters. The molecule has 0 bridgehead atoms. The second-order valence-corrected chi connectivity index (χ2v) is 11.4. The van der Waals surface area contributed by atoms with E-state index in [0.29, 0.717) is 30.8 Å². The average Bonchev–Trinajstić information content (AvgIpc) is 3.14. The third-order valence-corrected chi connectivity index (χ3v) is 7.25. The fourth-order valence-corrected chi connectivity index (χ4v) is 5.09. The molecule has 8 nitrogen and oxygen atoms in total. The quantitative estimate of drug-likeness (QED) is 0.453. The average molecular weight is 492 g/mol. The third-order valence-electron chi connectivity index (χ3n) is 6.02. The van der Waals surface area contributed by atoms with Crippen molar-refractivity contribution in [1.29, 1.82) is 0 Å². The van der Waals surface area contributed by atoms with Gasteiger partial charge in [0, 0.05) is 24.7 Å². The van der Waals surface area contributed by atoms with Crippen LogP contribution in [0.3, 0.4) is 0 Å². The molecule has 0 saturated heterocycles. The molecule has 0 aliphatic heterocycles. The van der Waals surface area contributed by atoms with Gasteiger partial charge in [0.15, 0.2) is 0 Å². The zero-order valence-corrected chi connectivity index (χ0v) is 21.0. The number of fused-ring (bicyclic) bond motifs is 1. The molecule has 1 fully saturated rings. The zero-order chi connectivity index (χ0) is 25.1. The van der Waals surface area contributed by atoms with Gasteiger partial charge in [0.2, 0.25) is 0 Å². The Bertz CT molecular complexity index is 1200. The second-order valence-electron chi connectivity index (χ2n) is 9.76. The molecule has 3 rings (SSSR count). The predicted octanol–water partition coefficient (Wildman–Crippen LogP) is 3.60. The summed E-state index contributed by atoms with van der Waals surface area (Å²) in [7, 11) is -4.08. The van der Waals surface area contributed by atoms with Crippen molar-refractivity contribution in [1.82, 2.24) is 14.9 Å². The van der Waals surface area contributed by atoms with E-state index in [1.165, 1.54) is 12.1 Å². The molecule has 10 heteroatoms. The number of aromatic nitrogens is 2. The fourth-order valence-electron chi connectivity index (χ4n) is 4.22. The highest BCUT2D eigenvalue weighted by molar-refractivity contribution is 7.90. The number of hydrogen-bond acceptors (Lipinski definition) is 5. The van der Waals surface area contributed by atoms with Gasteiger partial charge in [0.1, 0.15) is 12.0 Å². The molecule has 0 radical (unpaired) electrons. The van der Waals surface area contributed by atoms with E-state index in [2.05, 4.69) is 35.1 Å². The standard InChI is InChI=1S/C24H34FN5O3S/c1-5-27-22(31)17(13-26)14-28-34(32,33)19-10-11-21-20(12-19)29-23(24(2,3)4)30(21)15-16-6-8-18(25)9-7-16/h10-14,16,18H,5-9,15,26H2,1-4H3,(H,27,31). The molecule has 34 heavy (non-hydrogen) atoms. The third kappa shape index (κ3) is 5.84. The van der Waals surface area contributed by atoms with Crippen LogP contribution in [0.15, 0.2) is 39.3 Å². The zero-order valence-electron chi connectivity index (χ0n) is 20.2. The van der Waals surface area contributed by atoms with Crippen LogP contribution in [0.25, 0.3) is 11.0 Å². The number of nitrogens with zero attached hydrogens (tertiary/aromatic N) is 3. The normalized spacial score (nSPS) is 20.2. The summed E-state index contributed by atoms with van der Waals surface area (Å²) in [6.07, 6.45) is 4.07. The first-order chi connectivity index (χ1) is 16.0. The number of carbonyl (C=O) groups is 1. The van der Waals surface area contributed by atoms with Crippen LogP contribution in [0.2, 0.25) is 0 Å². The van der Waals surface area contributed by atoms with E-state index in [4.69, 9.17) is 10.7 Å². The van der Waals surface area contributed by atoms with Crippen molar-refractivity contribution in [2.24, 2.45) is 16.0 Å². The first-order valence-electron chi connectivity index (χ1n) is 11.6. The number of hydrogen-bond donors (Lipinski definition) is 2. The number of nitrogens with two attached hydrogens (primary N) is 1. The summed E-state index contributed by atoms with van der Waals surface area (Å²) in [6.45, 7) is 9.03. The van der Waals surface area contributed by atoms with Crippen LogP contribution in [0, 0.1) is 5.92 Å². The molecule has 1 aliphatic rings. The van der Waals surface area contributed by atoms with E-state index in [9.17, 15) is 17.6 Å². The van der Waals surface area contributed by atoms with Gasteiger partial charge in [0.05, 0.1) is 27.7 Å². The van der Waals surface area contributed by atoms with E-state index in [1.54, 1.807) is 13.0 Å². The molecule has 1 aromatic heterocycles. The molecule has 1 aromatic carbocycles.